The molecule has 0 aliphatic heterocycles. The predicted octanol–water partition coefficient (Wildman–Crippen LogP) is 3.97. The van der Waals surface area contributed by atoms with Crippen LogP contribution in [0.2, 0.25) is 0 Å². The van der Waals surface area contributed by atoms with Gasteiger partial charge in [-0.1, -0.05) is 57.2 Å². The molecule has 17 heavy (non-hydrogen) atoms. The molecule has 0 aliphatic rings. The lowest BCUT2D eigenvalue weighted by Gasteiger charge is -2.18. The fourth-order valence-electron chi connectivity index (χ4n) is 1.78. The van der Waals surface area contributed by atoms with Gasteiger partial charge in [0.05, 0.1) is 0 Å². The van der Waals surface area contributed by atoms with E-state index in [1.807, 2.05) is 12.3 Å². The van der Waals surface area contributed by atoms with Crippen LogP contribution in [0.1, 0.15) is 37.6 Å². The van der Waals surface area contributed by atoms with Crippen molar-refractivity contribution < 1.29 is 0 Å². The largest absolute Gasteiger partial charge is 0.261 e. The van der Waals surface area contributed by atoms with Crippen LogP contribution in [0.3, 0.4) is 0 Å². The summed E-state index contributed by atoms with van der Waals surface area (Å²) in [5.74, 6) is 0. The van der Waals surface area contributed by atoms with Crippen molar-refractivity contribution in [3.63, 3.8) is 0 Å². The van der Waals surface area contributed by atoms with Crippen molar-refractivity contribution >= 4 is 0 Å². The number of benzene rings is 1. The Morgan fingerprint density at radius 2 is 1.65 bits per heavy atom. The standard InChI is InChI=1S/C16H19N/c1-16(2,3)14-9-10-15(17-12-14)11-13-7-5-4-6-8-13/h4-10,12H,11H2,1-3H3. The van der Waals surface area contributed by atoms with E-state index in [9.17, 15) is 0 Å². The molecule has 88 valence electrons. The molecule has 0 aliphatic carbocycles. The number of aromatic nitrogens is 1. The first-order valence-corrected chi connectivity index (χ1v) is 6.05. The van der Waals surface area contributed by atoms with Gasteiger partial charge in [0.1, 0.15) is 0 Å². The fourth-order valence-corrected chi connectivity index (χ4v) is 1.78. The Morgan fingerprint density at radius 3 is 2.18 bits per heavy atom. The molecule has 0 atom stereocenters. The lowest BCUT2D eigenvalue weighted by atomic mass is 9.88. The summed E-state index contributed by atoms with van der Waals surface area (Å²) >= 11 is 0. The molecule has 0 spiro atoms. The van der Waals surface area contributed by atoms with E-state index < -0.39 is 0 Å². The first-order chi connectivity index (χ1) is 8.05. The highest BCUT2D eigenvalue weighted by atomic mass is 14.7. The summed E-state index contributed by atoms with van der Waals surface area (Å²) in [5, 5.41) is 0. The Bertz CT molecular complexity index is 463. The van der Waals surface area contributed by atoms with E-state index in [0.29, 0.717) is 0 Å². The first-order valence-electron chi connectivity index (χ1n) is 6.05. The lowest BCUT2D eigenvalue weighted by Crippen LogP contribution is -2.11. The van der Waals surface area contributed by atoms with E-state index in [4.69, 9.17) is 0 Å². The Hall–Kier alpha value is -1.63. The van der Waals surface area contributed by atoms with Crippen molar-refractivity contribution in [3.8, 4) is 0 Å². The summed E-state index contributed by atoms with van der Waals surface area (Å²) in [6, 6.07) is 14.8. The summed E-state index contributed by atoms with van der Waals surface area (Å²) in [4.78, 5) is 4.54. The molecule has 1 heteroatoms. The second kappa shape index (κ2) is 4.70. The smallest absolute Gasteiger partial charge is 0.0447 e. The Balaban J connectivity index is 2.14. The van der Waals surface area contributed by atoms with Gasteiger partial charge in [0.2, 0.25) is 0 Å². The fraction of sp³-hybridized carbons (Fsp3) is 0.312. The van der Waals surface area contributed by atoms with Crippen molar-refractivity contribution in [2.24, 2.45) is 0 Å². The van der Waals surface area contributed by atoms with Gasteiger partial charge >= 0.3 is 0 Å². The van der Waals surface area contributed by atoms with Crippen LogP contribution >= 0.6 is 0 Å². The molecular weight excluding hydrogens is 206 g/mol. The van der Waals surface area contributed by atoms with Gasteiger partial charge in [-0.3, -0.25) is 4.98 Å². The van der Waals surface area contributed by atoms with E-state index in [1.165, 1.54) is 11.1 Å². The molecule has 0 bridgehead atoms. The SMILES string of the molecule is CC(C)(C)c1ccc(Cc2ccccc2)nc1. The minimum absolute atomic E-state index is 0.179. The van der Waals surface area contributed by atoms with Crippen LogP contribution in [0.5, 0.6) is 0 Å². The van der Waals surface area contributed by atoms with Crippen molar-refractivity contribution in [2.45, 2.75) is 32.6 Å². The first kappa shape index (κ1) is 11.8. The topological polar surface area (TPSA) is 12.9 Å². The zero-order valence-electron chi connectivity index (χ0n) is 10.8. The highest BCUT2D eigenvalue weighted by Gasteiger charge is 2.13. The van der Waals surface area contributed by atoms with Crippen LogP contribution in [0.15, 0.2) is 48.7 Å². The molecule has 0 fully saturated rings. The number of nitrogens with zero attached hydrogens (tertiary/aromatic N) is 1. The highest BCUT2D eigenvalue weighted by Crippen LogP contribution is 2.21. The van der Waals surface area contributed by atoms with Gasteiger partial charge in [0.25, 0.3) is 0 Å². The molecule has 1 aromatic heterocycles. The lowest BCUT2D eigenvalue weighted by molar-refractivity contribution is 0.587. The van der Waals surface area contributed by atoms with Crippen molar-refractivity contribution in [2.75, 3.05) is 0 Å². The second-order valence-corrected chi connectivity index (χ2v) is 5.45. The summed E-state index contributed by atoms with van der Waals surface area (Å²) in [7, 11) is 0. The predicted molar refractivity (Wildman–Crippen MR) is 72.2 cm³/mol. The quantitative estimate of drug-likeness (QED) is 0.753. The summed E-state index contributed by atoms with van der Waals surface area (Å²) in [6.45, 7) is 6.63. The third-order valence-corrected chi connectivity index (χ3v) is 2.92. The molecule has 0 saturated heterocycles. The molecule has 2 aromatic rings. The number of pyridine rings is 1. The zero-order chi connectivity index (χ0) is 12.3. The molecule has 0 radical (unpaired) electrons. The van der Waals surface area contributed by atoms with Gasteiger partial charge in [-0.2, -0.15) is 0 Å². The van der Waals surface area contributed by atoms with E-state index in [-0.39, 0.29) is 5.41 Å². The highest BCUT2D eigenvalue weighted by molar-refractivity contribution is 5.25. The van der Waals surface area contributed by atoms with Gasteiger partial charge < -0.3 is 0 Å². The van der Waals surface area contributed by atoms with Crippen molar-refractivity contribution in [1.29, 1.82) is 0 Å². The van der Waals surface area contributed by atoms with Gasteiger partial charge in [-0.15, -0.1) is 0 Å². The Labute approximate surface area is 104 Å². The van der Waals surface area contributed by atoms with Gasteiger partial charge in [0.15, 0.2) is 0 Å². The maximum Gasteiger partial charge on any atom is 0.0447 e. The number of rotatable bonds is 2. The van der Waals surface area contributed by atoms with Crippen LogP contribution in [-0.2, 0) is 11.8 Å². The molecule has 1 nitrogen and oxygen atoms in total. The molecular formula is C16H19N. The third-order valence-electron chi connectivity index (χ3n) is 2.92. The minimum Gasteiger partial charge on any atom is -0.261 e. The molecule has 1 aromatic carbocycles. The van der Waals surface area contributed by atoms with Crippen LogP contribution in [0, 0.1) is 0 Å². The van der Waals surface area contributed by atoms with Crippen molar-refractivity contribution in [3.05, 3.63) is 65.5 Å². The summed E-state index contributed by atoms with van der Waals surface area (Å²) < 4.78 is 0. The van der Waals surface area contributed by atoms with E-state index in [0.717, 1.165) is 12.1 Å². The monoisotopic (exact) mass is 225 g/mol. The van der Waals surface area contributed by atoms with Crippen LogP contribution in [0.4, 0.5) is 0 Å². The molecule has 0 saturated carbocycles. The second-order valence-electron chi connectivity index (χ2n) is 5.45. The van der Waals surface area contributed by atoms with Crippen molar-refractivity contribution in [1.82, 2.24) is 4.98 Å². The maximum atomic E-state index is 4.54. The number of hydrogen-bond acceptors (Lipinski definition) is 1. The molecule has 0 N–H and O–H groups in total. The van der Waals surface area contributed by atoms with Crippen LogP contribution in [0.25, 0.3) is 0 Å². The summed E-state index contributed by atoms with van der Waals surface area (Å²) in [5.41, 5.74) is 3.90. The van der Waals surface area contributed by atoms with Crippen LogP contribution < -0.4 is 0 Å². The van der Waals surface area contributed by atoms with Gasteiger partial charge in [-0.05, 0) is 22.6 Å². The Morgan fingerprint density at radius 1 is 0.941 bits per heavy atom. The van der Waals surface area contributed by atoms with Gasteiger partial charge in [0, 0.05) is 18.3 Å². The molecule has 0 unspecified atom stereocenters. The zero-order valence-corrected chi connectivity index (χ0v) is 10.8. The molecule has 2 rings (SSSR count). The maximum absolute atomic E-state index is 4.54. The molecule has 1 heterocycles. The molecule has 0 amide bonds. The average molecular weight is 225 g/mol. The third kappa shape index (κ3) is 3.16. The average Bonchev–Trinajstić information content (AvgIpc) is 2.30. The Kier molecular flexibility index (Phi) is 3.28. The van der Waals surface area contributed by atoms with Crippen LogP contribution in [-0.4, -0.2) is 4.98 Å². The van der Waals surface area contributed by atoms with Gasteiger partial charge in [-0.25, -0.2) is 0 Å². The summed E-state index contributed by atoms with van der Waals surface area (Å²) in [6.07, 6.45) is 2.91. The van der Waals surface area contributed by atoms with E-state index in [1.54, 1.807) is 0 Å². The minimum atomic E-state index is 0.179. The van der Waals surface area contributed by atoms with E-state index in [2.05, 4.69) is 62.2 Å². The normalized spacial score (nSPS) is 11.5. The number of hydrogen-bond donors (Lipinski definition) is 0. The van der Waals surface area contributed by atoms with E-state index >= 15 is 0 Å².